The SMILES string of the molecule is O=[P+](Oc1ccccc1)Oc1ccccc1.OP(O)(O)(c1ccccc1)c1ccccc1. The van der Waals surface area contributed by atoms with E-state index in [0.29, 0.717) is 11.5 Å². The molecule has 0 aromatic heterocycles. The molecule has 0 saturated heterocycles. The molecule has 4 aromatic rings. The predicted molar refractivity (Wildman–Crippen MR) is 127 cm³/mol. The van der Waals surface area contributed by atoms with Crippen LogP contribution in [0.2, 0.25) is 0 Å². The summed E-state index contributed by atoms with van der Waals surface area (Å²) in [4.78, 5) is 30.5. The summed E-state index contributed by atoms with van der Waals surface area (Å²) in [6.45, 7) is 0. The molecular formula is C24H23O6P2+. The predicted octanol–water partition coefficient (Wildman–Crippen LogP) is 4.71. The van der Waals surface area contributed by atoms with Crippen molar-refractivity contribution in [3.8, 4) is 11.5 Å². The first-order valence-electron chi connectivity index (χ1n) is 9.65. The van der Waals surface area contributed by atoms with E-state index in [-0.39, 0.29) is 10.6 Å². The van der Waals surface area contributed by atoms with Crippen LogP contribution in [0.3, 0.4) is 0 Å². The van der Waals surface area contributed by atoms with Crippen molar-refractivity contribution in [1.29, 1.82) is 0 Å². The summed E-state index contributed by atoms with van der Waals surface area (Å²) in [5, 5.41) is 0.277. The number of hydrogen-bond acceptors (Lipinski definition) is 6. The van der Waals surface area contributed by atoms with E-state index in [1.54, 1.807) is 84.9 Å². The van der Waals surface area contributed by atoms with Crippen LogP contribution in [0.5, 0.6) is 11.5 Å². The molecule has 0 bridgehead atoms. The van der Waals surface area contributed by atoms with Crippen molar-refractivity contribution in [2.45, 2.75) is 0 Å². The second-order valence-corrected chi connectivity index (χ2v) is 10.5. The summed E-state index contributed by atoms with van der Waals surface area (Å²) in [6.07, 6.45) is 0. The Bertz CT molecular complexity index is 1030. The molecule has 8 heteroatoms. The number of benzene rings is 4. The van der Waals surface area contributed by atoms with Gasteiger partial charge in [0, 0.05) is 4.57 Å². The van der Waals surface area contributed by atoms with Gasteiger partial charge < -0.3 is 0 Å². The second kappa shape index (κ2) is 10.5. The van der Waals surface area contributed by atoms with Crippen LogP contribution in [0.25, 0.3) is 0 Å². The van der Waals surface area contributed by atoms with Crippen molar-refractivity contribution < 1.29 is 28.3 Å². The molecule has 0 saturated carbocycles. The first-order valence-corrected chi connectivity index (χ1v) is 12.8. The molecule has 0 unspecified atom stereocenters. The van der Waals surface area contributed by atoms with Gasteiger partial charge in [0.1, 0.15) is 0 Å². The van der Waals surface area contributed by atoms with Crippen LogP contribution in [0.1, 0.15) is 0 Å². The molecule has 0 aliphatic rings. The molecule has 32 heavy (non-hydrogen) atoms. The summed E-state index contributed by atoms with van der Waals surface area (Å²) >= 11 is 0. The average molecular weight is 469 g/mol. The second-order valence-electron chi connectivity index (χ2n) is 6.68. The van der Waals surface area contributed by atoms with Crippen molar-refractivity contribution in [2.24, 2.45) is 0 Å². The molecule has 4 rings (SSSR count). The minimum absolute atomic E-state index is 0.139. The van der Waals surface area contributed by atoms with Crippen molar-refractivity contribution >= 4 is 26.1 Å². The van der Waals surface area contributed by atoms with Gasteiger partial charge in [0.15, 0.2) is 11.5 Å². The van der Waals surface area contributed by atoms with Crippen LogP contribution < -0.4 is 19.7 Å². The molecular weight excluding hydrogens is 446 g/mol. The Hall–Kier alpha value is -3.11. The maximum atomic E-state index is 11.5. The van der Waals surface area contributed by atoms with Crippen LogP contribution in [-0.2, 0) is 4.57 Å². The summed E-state index contributed by atoms with van der Waals surface area (Å²) < 4.78 is 21.7. The third-order valence-corrected chi connectivity index (χ3v) is 7.53. The van der Waals surface area contributed by atoms with Crippen molar-refractivity contribution in [1.82, 2.24) is 0 Å². The molecule has 0 spiro atoms. The zero-order valence-electron chi connectivity index (χ0n) is 17.0. The average Bonchev–Trinajstić information content (AvgIpc) is 2.82. The van der Waals surface area contributed by atoms with Gasteiger partial charge in [0.25, 0.3) is 0 Å². The van der Waals surface area contributed by atoms with Gasteiger partial charge in [-0.15, -0.1) is 0 Å². The zero-order chi connectivity index (χ0) is 22.9. The molecule has 164 valence electrons. The van der Waals surface area contributed by atoms with Gasteiger partial charge in [-0.2, -0.15) is 0 Å². The summed E-state index contributed by atoms with van der Waals surface area (Å²) in [6, 6.07) is 34.0. The van der Waals surface area contributed by atoms with Crippen LogP contribution in [0.15, 0.2) is 121 Å². The van der Waals surface area contributed by atoms with E-state index in [9.17, 15) is 19.2 Å². The van der Waals surface area contributed by atoms with Crippen molar-refractivity contribution in [2.75, 3.05) is 0 Å². The monoisotopic (exact) mass is 469 g/mol. The van der Waals surface area contributed by atoms with E-state index in [4.69, 9.17) is 9.05 Å². The van der Waals surface area contributed by atoms with E-state index in [0.717, 1.165) is 0 Å². The summed E-state index contributed by atoms with van der Waals surface area (Å²) in [7, 11) is -7.12. The Morgan fingerprint density at radius 2 is 0.781 bits per heavy atom. The molecule has 3 N–H and O–H groups in total. The van der Waals surface area contributed by atoms with Crippen molar-refractivity contribution in [3.63, 3.8) is 0 Å². The Kier molecular flexibility index (Phi) is 7.70. The number of para-hydroxylation sites is 2. The molecule has 6 nitrogen and oxygen atoms in total. The van der Waals surface area contributed by atoms with E-state index < -0.39 is 15.5 Å². The quantitative estimate of drug-likeness (QED) is 0.354. The van der Waals surface area contributed by atoms with Crippen LogP contribution in [0, 0.1) is 0 Å². The molecule has 0 aliphatic heterocycles. The number of hydrogen-bond donors (Lipinski definition) is 3. The Morgan fingerprint density at radius 1 is 0.500 bits per heavy atom. The molecule has 0 amide bonds. The van der Waals surface area contributed by atoms with Crippen molar-refractivity contribution in [3.05, 3.63) is 121 Å². The van der Waals surface area contributed by atoms with E-state index >= 15 is 0 Å². The maximum absolute atomic E-state index is 11.5. The Morgan fingerprint density at radius 3 is 1.09 bits per heavy atom. The van der Waals surface area contributed by atoms with Crippen LogP contribution >= 0.6 is 15.5 Å². The first kappa shape index (κ1) is 23.6. The van der Waals surface area contributed by atoms with Crippen LogP contribution in [0.4, 0.5) is 0 Å². The fraction of sp³-hybridized carbons (Fsp3) is 0. The molecule has 0 aliphatic carbocycles. The van der Waals surface area contributed by atoms with E-state index in [1.807, 2.05) is 12.1 Å². The third-order valence-electron chi connectivity index (χ3n) is 4.31. The molecule has 4 aromatic carbocycles. The van der Waals surface area contributed by atoms with Gasteiger partial charge in [-0.25, -0.2) is 9.05 Å². The topological polar surface area (TPSA) is 96.2 Å². The van der Waals surface area contributed by atoms with Gasteiger partial charge in [0.05, 0.1) is 0 Å². The number of rotatable bonds is 6. The van der Waals surface area contributed by atoms with Gasteiger partial charge in [-0.3, -0.25) is 0 Å². The normalized spacial score (nSPS) is 11.8. The zero-order valence-corrected chi connectivity index (χ0v) is 18.8. The minimum atomic E-state index is -4.93. The molecule has 0 radical (unpaired) electrons. The summed E-state index contributed by atoms with van der Waals surface area (Å²) in [5.74, 6) is 1.05. The van der Waals surface area contributed by atoms with Gasteiger partial charge >= 0.3 is 101 Å². The molecule has 0 heterocycles. The first-order chi connectivity index (χ1) is 15.3. The van der Waals surface area contributed by atoms with E-state index in [2.05, 4.69) is 0 Å². The van der Waals surface area contributed by atoms with Crippen LogP contribution in [-0.4, -0.2) is 14.7 Å². The summed E-state index contributed by atoms with van der Waals surface area (Å²) in [5.41, 5.74) is 0. The Balaban J connectivity index is 0.000000181. The molecule has 0 fully saturated rings. The van der Waals surface area contributed by atoms with Gasteiger partial charge in [-0.05, 0) is 24.3 Å². The van der Waals surface area contributed by atoms with Gasteiger partial charge in [-0.1, -0.05) is 36.4 Å². The third kappa shape index (κ3) is 6.44. The standard InChI is InChI=1S/C12H13O3P.C12H10O3P/c13-16(14,15,11-7-3-1-4-8-11)12-9-5-2-6-10-12;13-16(14-11-7-3-1-4-8-11)15-12-9-5-2-6-10-12/h1-10,13-15H;1-10H/q;+1. The van der Waals surface area contributed by atoms with E-state index in [1.165, 1.54) is 24.3 Å². The fourth-order valence-corrected chi connectivity index (χ4v) is 5.07. The molecule has 0 atom stereocenters. The Labute approximate surface area is 187 Å². The van der Waals surface area contributed by atoms with Gasteiger partial charge in [0.2, 0.25) is 0 Å². The fourth-order valence-electron chi connectivity index (χ4n) is 2.71.